The molecular weight excluding hydrogens is 384 g/mol. The zero-order valence-corrected chi connectivity index (χ0v) is 16.9. The fourth-order valence-corrected chi connectivity index (χ4v) is 3.53. The number of ether oxygens (including phenoxy) is 1. The first kappa shape index (κ1) is 18.4. The molecule has 30 heavy (non-hydrogen) atoms. The number of nitrogens with zero attached hydrogens (tertiary/aromatic N) is 3. The van der Waals surface area contributed by atoms with Gasteiger partial charge in [0.15, 0.2) is 5.76 Å². The summed E-state index contributed by atoms with van der Waals surface area (Å²) in [7, 11) is 1.61. The first-order valence-corrected chi connectivity index (χ1v) is 9.74. The number of carbonyl (C=O) groups is 1. The van der Waals surface area contributed by atoms with Crippen LogP contribution >= 0.6 is 0 Å². The second-order valence-corrected chi connectivity index (χ2v) is 7.46. The molecule has 1 fully saturated rings. The van der Waals surface area contributed by atoms with E-state index in [2.05, 4.69) is 20.6 Å². The molecule has 8 heteroatoms. The summed E-state index contributed by atoms with van der Waals surface area (Å²) in [5.41, 5.74) is 4.23. The van der Waals surface area contributed by atoms with Crippen LogP contribution in [0, 0.1) is 13.8 Å². The van der Waals surface area contributed by atoms with E-state index in [1.54, 1.807) is 21.0 Å². The van der Waals surface area contributed by atoms with E-state index in [9.17, 15) is 4.79 Å². The van der Waals surface area contributed by atoms with Crippen molar-refractivity contribution in [3.05, 3.63) is 53.0 Å². The lowest BCUT2D eigenvalue weighted by Crippen LogP contribution is -2.14. The van der Waals surface area contributed by atoms with Crippen LogP contribution in [0.4, 0.5) is 5.69 Å². The van der Waals surface area contributed by atoms with Crippen LogP contribution < -0.4 is 10.1 Å². The van der Waals surface area contributed by atoms with Crippen molar-refractivity contribution in [2.45, 2.75) is 32.6 Å². The van der Waals surface area contributed by atoms with Gasteiger partial charge in [0.1, 0.15) is 22.8 Å². The Morgan fingerprint density at radius 1 is 1.13 bits per heavy atom. The van der Waals surface area contributed by atoms with Crippen LogP contribution in [-0.4, -0.2) is 28.3 Å². The smallest absolute Gasteiger partial charge is 0.259 e. The van der Waals surface area contributed by atoms with Gasteiger partial charge in [0.2, 0.25) is 0 Å². The standard InChI is InChI=1S/C22H20N4O4/c1-11-19(12(2)29-25-11)24-21(27)16-10-17(13-4-5-13)23-22-18(16)20(26-30-22)14-6-8-15(28-3)9-7-14/h6-10,13H,4-5H2,1-3H3,(H,24,27). The minimum absolute atomic E-state index is 0.281. The number of aryl methyl sites for hydroxylation is 2. The maximum absolute atomic E-state index is 13.3. The zero-order chi connectivity index (χ0) is 20.8. The van der Waals surface area contributed by atoms with E-state index >= 15 is 0 Å². The third-order valence-corrected chi connectivity index (χ3v) is 5.34. The molecule has 1 amide bonds. The molecule has 0 unspecified atom stereocenters. The molecule has 0 spiro atoms. The van der Waals surface area contributed by atoms with Crippen molar-refractivity contribution in [2.75, 3.05) is 12.4 Å². The molecular formula is C22H20N4O4. The highest BCUT2D eigenvalue weighted by molar-refractivity contribution is 6.15. The predicted molar refractivity (Wildman–Crippen MR) is 110 cm³/mol. The van der Waals surface area contributed by atoms with E-state index in [0.29, 0.717) is 45.4 Å². The van der Waals surface area contributed by atoms with Gasteiger partial charge in [0.05, 0.1) is 18.1 Å². The average molecular weight is 404 g/mol. The zero-order valence-electron chi connectivity index (χ0n) is 16.9. The van der Waals surface area contributed by atoms with E-state index in [1.165, 1.54) is 0 Å². The third-order valence-electron chi connectivity index (χ3n) is 5.34. The monoisotopic (exact) mass is 404 g/mol. The van der Waals surface area contributed by atoms with E-state index in [0.717, 1.165) is 29.8 Å². The number of aromatic nitrogens is 3. The van der Waals surface area contributed by atoms with Crippen molar-refractivity contribution < 1.29 is 18.6 Å². The Morgan fingerprint density at radius 2 is 1.90 bits per heavy atom. The van der Waals surface area contributed by atoms with Gasteiger partial charge in [-0.1, -0.05) is 10.3 Å². The lowest BCUT2D eigenvalue weighted by atomic mass is 10.0. The highest BCUT2D eigenvalue weighted by Crippen LogP contribution is 2.41. The summed E-state index contributed by atoms with van der Waals surface area (Å²) in [6.07, 6.45) is 2.12. The van der Waals surface area contributed by atoms with Crippen molar-refractivity contribution >= 4 is 22.7 Å². The van der Waals surface area contributed by atoms with Gasteiger partial charge >= 0.3 is 0 Å². The van der Waals surface area contributed by atoms with Gasteiger partial charge in [-0.05, 0) is 57.0 Å². The fraction of sp³-hybridized carbons (Fsp3) is 0.273. The van der Waals surface area contributed by atoms with E-state index in [4.69, 9.17) is 13.8 Å². The molecule has 1 aromatic carbocycles. The molecule has 152 valence electrons. The number of hydrogen-bond donors (Lipinski definition) is 1. The minimum Gasteiger partial charge on any atom is -0.497 e. The van der Waals surface area contributed by atoms with Crippen molar-refractivity contribution in [2.24, 2.45) is 0 Å². The lowest BCUT2D eigenvalue weighted by Gasteiger charge is -2.08. The molecule has 0 bridgehead atoms. The number of nitrogens with one attached hydrogen (secondary N) is 1. The summed E-state index contributed by atoms with van der Waals surface area (Å²) in [4.78, 5) is 17.9. The van der Waals surface area contributed by atoms with Gasteiger partial charge < -0.3 is 19.1 Å². The maximum atomic E-state index is 13.3. The quantitative estimate of drug-likeness (QED) is 0.517. The minimum atomic E-state index is -0.281. The molecule has 8 nitrogen and oxygen atoms in total. The summed E-state index contributed by atoms with van der Waals surface area (Å²) in [6, 6.07) is 9.27. The molecule has 0 radical (unpaired) electrons. The molecule has 4 aromatic rings. The average Bonchev–Trinajstić information content (AvgIpc) is 3.46. The number of benzene rings is 1. The van der Waals surface area contributed by atoms with Gasteiger partial charge in [-0.3, -0.25) is 4.79 Å². The molecule has 0 atom stereocenters. The number of pyridine rings is 1. The molecule has 0 saturated heterocycles. The number of amides is 1. The van der Waals surface area contributed by atoms with Crippen molar-refractivity contribution in [3.8, 4) is 17.0 Å². The lowest BCUT2D eigenvalue weighted by molar-refractivity contribution is 0.102. The van der Waals surface area contributed by atoms with Crippen LogP contribution in [0.1, 0.15) is 46.3 Å². The van der Waals surface area contributed by atoms with Gasteiger partial charge in [-0.25, -0.2) is 4.98 Å². The predicted octanol–water partition coefficient (Wildman–Crippen LogP) is 4.63. The number of fused-ring (bicyclic) bond motifs is 1. The Labute approximate surface area is 172 Å². The van der Waals surface area contributed by atoms with Crippen molar-refractivity contribution in [3.63, 3.8) is 0 Å². The topological polar surface area (TPSA) is 103 Å². The fourth-order valence-electron chi connectivity index (χ4n) is 3.53. The molecule has 3 heterocycles. The first-order chi connectivity index (χ1) is 14.5. The first-order valence-electron chi connectivity index (χ1n) is 9.74. The Balaban J connectivity index is 1.64. The number of hydrogen-bond acceptors (Lipinski definition) is 7. The summed E-state index contributed by atoms with van der Waals surface area (Å²) >= 11 is 0. The Hall–Kier alpha value is -3.68. The number of anilines is 1. The molecule has 1 N–H and O–H groups in total. The summed E-state index contributed by atoms with van der Waals surface area (Å²) in [5.74, 6) is 1.36. The molecule has 1 saturated carbocycles. The van der Waals surface area contributed by atoms with Crippen LogP contribution in [-0.2, 0) is 0 Å². The van der Waals surface area contributed by atoms with Crippen molar-refractivity contribution in [1.29, 1.82) is 0 Å². The normalized spacial score (nSPS) is 13.6. The Bertz CT molecular complexity index is 1230. The van der Waals surface area contributed by atoms with Crippen LogP contribution in [0.5, 0.6) is 5.75 Å². The molecule has 0 aliphatic heterocycles. The van der Waals surface area contributed by atoms with E-state index in [-0.39, 0.29) is 5.91 Å². The van der Waals surface area contributed by atoms with Crippen LogP contribution in [0.2, 0.25) is 0 Å². The Morgan fingerprint density at radius 3 is 2.53 bits per heavy atom. The second-order valence-electron chi connectivity index (χ2n) is 7.46. The van der Waals surface area contributed by atoms with Crippen molar-refractivity contribution in [1.82, 2.24) is 15.3 Å². The van der Waals surface area contributed by atoms with Gasteiger partial charge in [0, 0.05) is 17.2 Å². The van der Waals surface area contributed by atoms with Gasteiger partial charge in [0.25, 0.3) is 11.6 Å². The number of carbonyl (C=O) groups excluding carboxylic acids is 1. The largest absolute Gasteiger partial charge is 0.497 e. The number of rotatable bonds is 5. The van der Waals surface area contributed by atoms with Gasteiger partial charge in [-0.15, -0.1) is 0 Å². The maximum Gasteiger partial charge on any atom is 0.259 e. The van der Waals surface area contributed by atoms with Crippen LogP contribution in [0.25, 0.3) is 22.4 Å². The third kappa shape index (κ3) is 3.10. The highest BCUT2D eigenvalue weighted by atomic mass is 16.5. The molecule has 1 aliphatic carbocycles. The summed E-state index contributed by atoms with van der Waals surface area (Å²) in [6.45, 7) is 3.54. The second kappa shape index (κ2) is 6.98. The number of methoxy groups -OCH3 is 1. The highest BCUT2D eigenvalue weighted by Gasteiger charge is 2.30. The molecule has 1 aliphatic rings. The summed E-state index contributed by atoms with van der Waals surface area (Å²) < 4.78 is 16.0. The van der Waals surface area contributed by atoms with Crippen LogP contribution in [0.3, 0.4) is 0 Å². The summed E-state index contributed by atoms with van der Waals surface area (Å²) in [5, 5.41) is 11.6. The SMILES string of the molecule is COc1ccc(-c2noc3nc(C4CC4)cc(C(=O)Nc4c(C)noc4C)c23)cc1. The molecule has 3 aromatic heterocycles. The van der Waals surface area contributed by atoms with E-state index < -0.39 is 0 Å². The Kier molecular flexibility index (Phi) is 4.27. The molecule has 5 rings (SSSR count). The van der Waals surface area contributed by atoms with Gasteiger partial charge in [-0.2, -0.15) is 0 Å². The van der Waals surface area contributed by atoms with E-state index in [1.807, 2.05) is 30.3 Å². The van der Waals surface area contributed by atoms with Crippen LogP contribution in [0.15, 0.2) is 39.4 Å².